The van der Waals surface area contributed by atoms with Gasteiger partial charge in [-0.05, 0) is 63.5 Å². The van der Waals surface area contributed by atoms with Gasteiger partial charge in [0.05, 0.1) is 11.4 Å². The second-order valence-corrected chi connectivity index (χ2v) is 9.51. The van der Waals surface area contributed by atoms with Crippen LogP contribution in [-0.2, 0) is 6.54 Å². The van der Waals surface area contributed by atoms with Gasteiger partial charge < -0.3 is 5.73 Å². The Kier molecular flexibility index (Phi) is 6.33. The predicted octanol–water partition coefficient (Wildman–Crippen LogP) is 2.44. The number of nitrogens with two attached hydrogens (primary N) is 1. The van der Waals surface area contributed by atoms with E-state index in [2.05, 4.69) is 49.0 Å². The van der Waals surface area contributed by atoms with Crippen molar-refractivity contribution in [2.75, 3.05) is 12.3 Å². The van der Waals surface area contributed by atoms with Crippen LogP contribution in [0.4, 0.5) is 5.82 Å². The summed E-state index contributed by atoms with van der Waals surface area (Å²) >= 11 is 1.70. The molecule has 1 unspecified atom stereocenters. The zero-order chi connectivity index (χ0) is 22.8. The third-order valence-corrected chi connectivity index (χ3v) is 6.69. The predicted molar refractivity (Wildman–Crippen MR) is 121 cm³/mol. The molecular weight excluding hydrogens is 430 g/mol. The molecule has 0 spiro atoms. The molecule has 11 nitrogen and oxygen atoms in total. The van der Waals surface area contributed by atoms with Gasteiger partial charge in [0, 0.05) is 27.9 Å². The van der Waals surface area contributed by atoms with Crippen molar-refractivity contribution in [1.82, 2.24) is 35.6 Å². The van der Waals surface area contributed by atoms with Crippen LogP contribution in [0.2, 0.25) is 0 Å². The summed E-state index contributed by atoms with van der Waals surface area (Å²) in [5, 5.41) is 20.0. The topological polar surface area (TPSA) is 140 Å². The van der Waals surface area contributed by atoms with Crippen LogP contribution in [0.3, 0.4) is 0 Å². The van der Waals surface area contributed by atoms with Gasteiger partial charge in [0.2, 0.25) is 11.6 Å². The summed E-state index contributed by atoms with van der Waals surface area (Å²) in [5.74, 6) is -0.165. The van der Waals surface area contributed by atoms with Crippen molar-refractivity contribution in [3.63, 3.8) is 0 Å². The molecule has 170 valence electrons. The summed E-state index contributed by atoms with van der Waals surface area (Å²) in [6.07, 6.45) is 3.39. The molecule has 0 aliphatic carbocycles. The van der Waals surface area contributed by atoms with E-state index in [1.807, 2.05) is 20.8 Å². The number of likely N-dealkylation sites (tertiary alicyclic amines) is 1. The van der Waals surface area contributed by atoms with Crippen LogP contribution in [-0.4, -0.2) is 54.4 Å². The van der Waals surface area contributed by atoms with Crippen molar-refractivity contribution in [2.24, 2.45) is 5.10 Å². The second-order valence-electron chi connectivity index (χ2n) is 8.05. The molecule has 1 saturated heterocycles. The van der Waals surface area contributed by atoms with Crippen LogP contribution in [0.15, 0.2) is 15.8 Å². The molecule has 0 radical (unpaired) electrons. The van der Waals surface area contributed by atoms with Gasteiger partial charge in [0.1, 0.15) is 0 Å². The van der Waals surface area contributed by atoms with Crippen LogP contribution >= 0.6 is 11.3 Å². The molecule has 1 aliphatic heterocycles. The van der Waals surface area contributed by atoms with Crippen molar-refractivity contribution in [2.45, 2.75) is 59.5 Å². The van der Waals surface area contributed by atoms with Gasteiger partial charge in [0.15, 0.2) is 5.69 Å². The fourth-order valence-corrected chi connectivity index (χ4v) is 4.93. The van der Waals surface area contributed by atoms with E-state index in [0.29, 0.717) is 18.3 Å². The smallest absolute Gasteiger partial charge is 0.293 e. The summed E-state index contributed by atoms with van der Waals surface area (Å²) in [4.78, 5) is 17.7. The normalized spacial score (nSPS) is 17.6. The molecule has 3 aromatic heterocycles. The largest absolute Gasteiger partial charge is 0.378 e. The van der Waals surface area contributed by atoms with E-state index in [4.69, 9.17) is 10.4 Å². The van der Waals surface area contributed by atoms with Gasteiger partial charge in [-0.2, -0.15) is 9.78 Å². The number of carbonyl (C=O) groups excluding carboxylic acids is 1. The standard InChI is InChI=1S/C20H27N9O2S/c1-11-7-5-6-8-28(11)10-16-17(23-27-29(16)19-18(21)25-31-26-19)20(30)24-22-13(3)15-9-12(2)32-14(15)4/h9,11H,5-8,10H2,1-4H3,(H2,21,25)(H,24,30)/b22-13-. The Hall–Kier alpha value is -3.12. The summed E-state index contributed by atoms with van der Waals surface area (Å²) < 4.78 is 6.15. The Morgan fingerprint density at radius 3 is 2.84 bits per heavy atom. The molecule has 0 aromatic carbocycles. The monoisotopic (exact) mass is 457 g/mol. The number of hydrogen-bond acceptors (Lipinski definition) is 10. The lowest BCUT2D eigenvalue weighted by atomic mass is 10.0. The number of aromatic nitrogens is 5. The first-order valence-corrected chi connectivity index (χ1v) is 11.4. The second kappa shape index (κ2) is 9.17. The number of carbonyl (C=O) groups is 1. The number of amides is 1. The maximum Gasteiger partial charge on any atom is 0.293 e. The summed E-state index contributed by atoms with van der Waals surface area (Å²) in [5.41, 5.74) is 11.0. The minimum absolute atomic E-state index is 0.0759. The maximum absolute atomic E-state index is 13.0. The van der Waals surface area contributed by atoms with Crippen molar-refractivity contribution in [3.05, 3.63) is 32.8 Å². The highest BCUT2D eigenvalue weighted by Crippen LogP contribution is 2.23. The van der Waals surface area contributed by atoms with Crippen molar-refractivity contribution in [1.29, 1.82) is 0 Å². The molecule has 0 bridgehead atoms. The first-order chi connectivity index (χ1) is 15.3. The molecule has 4 rings (SSSR count). The third-order valence-electron chi connectivity index (χ3n) is 5.72. The minimum atomic E-state index is -0.449. The van der Waals surface area contributed by atoms with Crippen molar-refractivity contribution >= 4 is 28.8 Å². The molecule has 3 N–H and O–H groups in total. The lowest BCUT2D eigenvalue weighted by Crippen LogP contribution is -2.38. The quantitative estimate of drug-likeness (QED) is 0.425. The highest BCUT2D eigenvalue weighted by atomic mass is 32.1. The highest BCUT2D eigenvalue weighted by molar-refractivity contribution is 7.12. The fourth-order valence-electron chi connectivity index (χ4n) is 3.95. The lowest BCUT2D eigenvalue weighted by molar-refractivity contribution is 0.0944. The average molecular weight is 458 g/mol. The Balaban J connectivity index is 1.63. The van der Waals surface area contributed by atoms with Crippen LogP contribution in [0.5, 0.6) is 0 Å². The number of thiophene rings is 1. The van der Waals surface area contributed by atoms with Gasteiger partial charge in [-0.3, -0.25) is 9.69 Å². The minimum Gasteiger partial charge on any atom is -0.378 e. The fraction of sp³-hybridized carbons (Fsp3) is 0.500. The lowest BCUT2D eigenvalue weighted by Gasteiger charge is -2.33. The van der Waals surface area contributed by atoms with Crippen LogP contribution in [0.1, 0.15) is 64.6 Å². The van der Waals surface area contributed by atoms with E-state index in [1.54, 1.807) is 11.3 Å². The number of nitrogens with zero attached hydrogens (tertiary/aromatic N) is 7. The number of anilines is 1. The van der Waals surface area contributed by atoms with Gasteiger partial charge in [-0.25, -0.2) is 10.1 Å². The van der Waals surface area contributed by atoms with Crippen LogP contribution in [0.25, 0.3) is 5.82 Å². The highest BCUT2D eigenvalue weighted by Gasteiger charge is 2.28. The van der Waals surface area contributed by atoms with E-state index in [1.165, 1.54) is 16.0 Å². The van der Waals surface area contributed by atoms with E-state index >= 15 is 0 Å². The van der Waals surface area contributed by atoms with E-state index in [-0.39, 0.29) is 17.3 Å². The number of hydrogen-bond donors (Lipinski definition) is 2. The van der Waals surface area contributed by atoms with Gasteiger partial charge in [-0.1, -0.05) is 11.6 Å². The zero-order valence-electron chi connectivity index (χ0n) is 18.6. The molecule has 1 fully saturated rings. The molecule has 1 aliphatic rings. The molecule has 3 aromatic rings. The van der Waals surface area contributed by atoms with Crippen LogP contribution < -0.4 is 11.2 Å². The molecule has 0 saturated carbocycles. The Morgan fingerprint density at radius 2 is 2.19 bits per heavy atom. The number of nitrogens with one attached hydrogen (secondary N) is 1. The molecule has 4 heterocycles. The number of rotatable bonds is 6. The van der Waals surface area contributed by atoms with Gasteiger partial charge in [0.25, 0.3) is 5.91 Å². The summed E-state index contributed by atoms with van der Waals surface area (Å²) in [6.45, 7) is 9.52. The Bertz CT molecular complexity index is 1150. The molecule has 1 amide bonds. The summed E-state index contributed by atoms with van der Waals surface area (Å²) in [7, 11) is 0. The van der Waals surface area contributed by atoms with E-state index < -0.39 is 5.91 Å². The van der Waals surface area contributed by atoms with Crippen molar-refractivity contribution < 1.29 is 9.42 Å². The Labute approximate surface area is 189 Å². The zero-order valence-corrected chi connectivity index (χ0v) is 19.4. The number of piperidine rings is 1. The number of nitrogen functional groups attached to an aromatic ring is 1. The van der Waals surface area contributed by atoms with Gasteiger partial charge in [-0.15, -0.1) is 16.4 Å². The molecular formula is C20H27N9O2S. The first kappa shape index (κ1) is 22.1. The first-order valence-electron chi connectivity index (χ1n) is 10.5. The Morgan fingerprint density at radius 1 is 1.38 bits per heavy atom. The average Bonchev–Trinajstić information content (AvgIpc) is 3.45. The van der Waals surface area contributed by atoms with Crippen molar-refractivity contribution in [3.8, 4) is 5.82 Å². The molecule has 12 heteroatoms. The summed E-state index contributed by atoms with van der Waals surface area (Å²) in [6, 6.07) is 2.44. The van der Waals surface area contributed by atoms with Crippen LogP contribution in [0, 0.1) is 13.8 Å². The molecule has 1 atom stereocenters. The maximum atomic E-state index is 13.0. The SMILES string of the molecule is C/C(=N/NC(=O)c1nnn(-c2nonc2N)c1CN1CCCCC1C)c1cc(C)sc1C. The third kappa shape index (κ3) is 4.41. The van der Waals surface area contributed by atoms with E-state index in [9.17, 15) is 4.79 Å². The van der Waals surface area contributed by atoms with E-state index in [0.717, 1.165) is 35.5 Å². The number of aryl methyl sites for hydroxylation is 2. The number of hydrazone groups is 1. The van der Waals surface area contributed by atoms with Gasteiger partial charge >= 0.3 is 0 Å². The molecule has 32 heavy (non-hydrogen) atoms.